The summed E-state index contributed by atoms with van der Waals surface area (Å²) in [6.45, 7) is 0.956. The summed E-state index contributed by atoms with van der Waals surface area (Å²) < 4.78 is 63.7. The summed E-state index contributed by atoms with van der Waals surface area (Å²) in [6, 6.07) is 12.0. The molecule has 3 rings (SSSR count). The van der Waals surface area contributed by atoms with Gasteiger partial charge in [-0.05, 0) is 35.7 Å². The molecular formula is C22H21F5N2O4. The molecule has 0 saturated heterocycles. The first-order valence-electron chi connectivity index (χ1n) is 9.63. The molecule has 178 valence electrons. The largest absolute Gasteiger partial charge is 0.490 e. The number of amides is 1. The van der Waals surface area contributed by atoms with E-state index < -0.39 is 18.0 Å². The normalized spacial score (nSPS) is 13.5. The Hall–Kier alpha value is -3.47. The molecule has 0 aliphatic carbocycles. The van der Waals surface area contributed by atoms with E-state index in [0.29, 0.717) is 19.4 Å². The molecule has 0 atom stereocenters. The van der Waals surface area contributed by atoms with Crippen LogP contribution in [0.1, 0.15) is 21.5 Å². The number of ether oxygens (including phenoxy) is 1. The molecule has 0 aromatic heterocycles. The number of hydrogen-bond acceptors (Lipinski definition) is 4. The van der Waals surface area contributed by atoms with Gasteiger partial charge in [-0.25, -0.2) is 13.6 Å². The highest BCUT2D eigenvalue weighted by Crippen LogP contribution is 2.23. The van der Waals surface area contributed by atoms with Crippen LogP contribution >= 0.6 is 0 Å². The minimum absolute atomic E-state index is 0.00881. The first-order valence-corrected chi connectivity index (χ1v) is 9.63. The Morgan fingerprint density at radius 2 is 1.79 bits per heavy atom. The van der Waals surface area contributed by atoms with Crippen LogP contribution in [0.3, 0.4) is 0 Å². The van der Waals surface area contributed by atoms with Gasteiger partial charge in [0.1, 0.15) is 6.61 Å². The minimum Gasteiger partial charge on any atom is -0.486 e. The first-order chi connectivity index (χ1) is 15.6. The number of rotatable bonds is 5. The molecule has 0 spiro atoms. The van der Waals surface area contributed by atoms with Crippen molar-refractivity contribution in [3.05, 3.63) is 76.9 Å². The number of benzene rings is 2. The smallest absolute Gasteiger partial charge is 0.486 e. The van der Waals surface area contributed by atoms with Crippen LogP contribution in [-0.4, -0.2) is 47.8 Å². The van der Waals surface area contributed by atoms with Gasteiger partial charge in [-0.3, -0.25) is 4.79 Å². The van der Waals surface area contributed by atoms with E-state index in [2.05, 4.69) is 6.07 Å². The van der Waals surface area contributed by atoms with E-state index in [1.54, 1.807) is 4.90 Å². The third-order valence-corrected chi connectivity index (χ3v) is 4.67. The zero-order chi connectivity index (χ0) is 24.6. The number of aliphatic carboxylic acids is 1. The average molecular weight is 472 g/mol. The van der Waals surface area contributed by atoms with Crippen LogP contribution < -0.4 is 10.5 Å². The number of carbonyl (C=O) groups excluding carboxylic acids is 1. The third-order valence-electron chi connectivity index (χ3n) is 4.67. The standard InChI is InChI=1S/C20H20F2N2O2.C2HF3O2/c21-10-14(11-23)13-26-19-6-5-16(9-18(19)22)20(25)24-8-7-15-3-1-2-4-17(15)12-24;3-2(4,5)1(6)7/h1-6,9-10H,7-8,11-13,23H2;(H,6,7)/b14-10-;. The Balaban J connectivity index is 0.000000479. The Morgan fingerprint density at radius 3 is 2.33 bits per heavy atom. The maximum absolute atomic E-state index is 14.2. The van der Waals surface area contributed by atoms with E-state index in [-0.39, 0.29) is 35.9 Å². The van der Waals surface area contributed by atoms with Crippen molar-refractivity contribution in [2.24, 2.45) is 5.73 Å². The van der Waals surface area contributed by atoms with Crippen LogP contribution in [0.2, 0.25) is 0 Å². The van der Waals surface area contributed by atoms with Crippen LogP contribution in [0.5, 0.6) is 5.75 Å². The van der Waals surface area contributed by atoms with Crippen molar-refractivity contribution in [1.82, 2.24) is 4.90 Å². The topological polar surface area (TPSA) is 92.9 Å². The Kier molecular flexibility index (Phi) is 8.92. The van der Waals surface area contributed by atoms with E-state index in [0.717, 1.165) is 18.1 Å². The van der Waals surface area contributed by atoms with Gasteiger partial charge in [0.15, 0.2) is 11.6 Å². The highest BCUT2D eigenvalue weighted by Gasteiger charge is 2.38. The minimum atomic E-state index is -5.08. The van der Waals surface area contributed by atoms with Gasteiger partial charge >= 0.3 is 12.1 Å². The van der Waals surface area contributed by atoms with Gasteiger partial charge in [-0.2, -0.15) is 13.2 Å². The zero-order valence-electron chi connectivity index (χ0n) is 17.2. The molecule has 1 aliphatic heterocycles. The van der Waals surface area contributed by atoms with Crippen molar-refractivity contribution in [3.63, 3.8) is 0 Å². The van der Waals surface area contributed by atoms with Gasteiger partial charge in [-0.15, -0.1) is 0 Å². The van der Waals surface area contributed by atoms with Crippen LogP contribution in [0.25, 0.3) is 0 Å². The third kappa shape index (κ3) is 7.28. The maximum atomic E-state index is 14.2. The van der Waals surface area contributed by atoms with Crippen molar-refractivity contribution < 1.29 is 41.4 Å². The molecule has 0 radical (unpaired) electrons. The number of nitrogens with zero attached hydrogens (tertiary/aromatic N) is 1. The lowest BCUT2D eigenvalue weighted by Gasteiger charge is -2.29. The lowest BCUT2D eigenvalue weighted by Crippen LogP contribution is -2.35. The molecule has 0 unspecified atom stereocenters. The summed E-state index contributed by atoms with van der Waals surface area (Å²) in [6.07, 6.45) is -3.95. The predicted molar refractivity (Wildman–Crippen MR) is 109 cm³/mol. The number of carboxylic acids is 1. The highest BCUT2D eigenvalue weighted by atomic mass is 19.4. The number of halogens is 5. The molecule has 33 heavy (non-hydrogen) atoms. The molecule has 1 heterocycles. The van der Waals surface area contributed by atoms with Gasteiger partial charge in [0.25, 0.3) is 5.91 Å². The summed E-state index contributed by atoms with van der Waals surface area (Å²) in [5, 5.41) is 7.12. The molecule has 2 aromatic rings. The lowest BCUT2D eigenvalue weighted by atomic mass is 9.99. The molecule has 0 bridgehead atoms. The number of nitrogens with two attached hydrogens (primary N) is 1. The Labute approximate surface area is 186 Å². The summed E-state index contributed by atoms with van der Waals surface area (Å²) in [7, 11) is 0. The van der Waals surface area contributed by atoms with Crippen molar-refractivity contribution in [1.29, 1.82) is 0 Å². The second-order valence-corrected chi connectivity index (χ2v) is 6.95. The number of carbonyl (C=O) groups is 2. The van der Waals surface area contributed by atoms with Crippen molar-refractivity contribution in [2.75, 3.05) is 19.7 Å². The Bertz CT molecular complexity index is 1020. The van der Waals surface area contributed by atoms with Crippen molar-refractivity contribution >= 4 is 11.9 Å². The average Bonchev–Trinajstić information content (AvgIpc) is 2.79. The van der Waals surface area contributed by atoms with Crippen LogP contribution in [0.4, 0.5) is 22.0 Å². The van der Waals surface area contributed by atoms with Crippen molar-refractivity contribution in [2.45, 2.75) is 19.1 Å². The van der Waals surface area contributed by atoms with E-state index >= 15 is 0 Å². The second kappa shape index (κ2) is 11.4. The summed E-state index contributed by atoms with van der Waals surface area (Å²) >= 11 is 0. The number of carboxylic acid groups (broad SMARTS) is 1. The molecule has 11 heteroatoms. The number of hydrogen-bond donors (Lipinski definition) is 2. The fourth-order valence-electron chi connectivity index (χ4n) is 2.91. The van der Waals surface area contributed by atoms with E-state index in [1.807, 2.05) is 18.2 Å². The van der Waals surface area contributed by atoms with Crippen LogP contribution in [0, 0.1) is 5.82 Å². The predicted octanol–water partition coefficient (Wildman–Crippen LogP) is 3.85. The molecule has 0 saturated carbocycles. The molecular weight excluding hydrogens is 451 g/mol. The molecule has 3 N–H and O–H groups in total. The fourth-order valence-corrected chi connectivity index (χ4v) is 2.91. The summed E-state index contributed by atoms with van der Waals surface area (Å²) in [5.41, 5.74) is 8.16. The molecule has 0 fully saturated rings. The van der Waals surface area contributed by atoms with Crippen molar-refractivity contribution in [3.8, 4) is 5.75 Å². The summed E-state index contributed by atoms with van der Waals surface area (Å²) in [5.74, 6) is -3.69. The van der Waals surface area contributed by atoms with Gasteiger partial charge in [-0.1, -0.05) is 24.3 Å². The maximum Gasteiger partial charge on any atom is 0.490 e. The first kappa shape index (κ1) is 25.8. The number of fused-ring (bicyclic) bond motifs is 1. The van der Waals surface area contributed by atoms with Gasteiger partial charge in [0.2, 0.25) is 0 Å². The molecule has 6 nitrogen and oxygen atoms in total. The fraction of sp³-hybridized carbons (Fsp3) is 0.273. The summed E-state index contributed by atoms with van der Waals surface area (Å²) in [4.78, 5) is 23.3. The van der Waals surface area contributed by atoms with Gasteiger partial charge in [0, 0.05) is 30.8 Å². The Morgan fingerprint density at radius 1 is 1.15 bits per heavy atom. The number of alkyl halides is 3. The van der Waals surface area contributed by atoms with Crippen LogP contribution in [0.15, 0.2) is 54.4 Å². The molecule has 1 aliphatic rings. The van der Waals surface area contributed by atoms with Gasteiger partial charge in [0.05, 0.1) is 6.33 Å². The SMILES string of the molecule is NC/C(=C/F)COc1ccc(C(=O)N2CCc3ccccc3C2)cc1F.O=C(O)C(F)(F)F. The second-order valence-electron chi connectivity index (χ2n) is 6.95. The zero-order valence-corrected chi connectivity index (χ0v) is 17.2. The van der Waals surface area contributed by atoms with E-state index in [4.69, 9.17) is 20.4 Å². The lowest BCUT2D eigenvalue weighted by molar-refractivity contribution is -0.192. The van der Waals surface area contributed by atoms with E-state index in [1.165, 1.54) is 17.7 Å². The molecule has 2 aromatic carbocycles. The quantitative estimate of drug-likeness (QED) is 0.645. The van der Waals surface area contributed by atoms with E-state index in [9.17, 15) is 26.7 Å². The highest BCUT2D eigenvalue weighted by molar-refractivity contribution is 5.94. The van der Waals surface area contributed by atoms with Gasteiger partial charge < -0.3 is 20.5 Å². The monoisotopic (exact) mass is 472 g/mol. The molecule has 1 amide bonds. The van der Waals surface area contributed by atoms with Crippen LogP contribution in [-0.2, 0) is 17.8 Å².